The zero-order chi connectivity index (χ0) is 20.4. The van der Waals surface area contributed by atoms with Gasteiger partial charge in [-0.05, 0) is 67.7 Å². The van der Waals surface area contributed by atoms with Crippen LogP contribution in [0.3, 0.4) is 0 Å². The maximum Gasteiger partial charge on any atom is 0.455 e. The second kappa shape index (κ2) is 6.63. The molecule has 0 aromatic carbocycles. The standard InChI is InChI=1S/C20H19F3N2O2S2/c21-20(22,23)16(26)15-14(13-2-1-3-28-13)24-18(29-15)25-17(27)19-7-10-4-11(8-19)6-12(5-10)9-19/h1-3,10-12H,4-9H2,(H,24,25,27). The molecule has 4 aliphatic carbocycles. The molecule has 0 saturated heterocycles. The molecule has 0 radical (unpaired) electrons. The quantitative estimate of drug-likeness (QED) is 0.614. The lowest BCUT2D eigenvalue weighted by atomic mass is 9.49. The molecule has 4 nitrogen and oxygen atoms in total. The van der Waals surface area contributed by atoms with Crippen LogP contribution in [0.1, 0.15) is 48.2 Å². The van der Waals surface area contributed by atoms with Gasteiger partial charge in [0.15, 0.2) is 5.13 Å². The molecule has 2 heterocycles. The highest BCUT2D eigenvalue weighted by Gasteiger charge is 2.54. The van der Waals surface area contributed by atoms with E-state index in [4.69, 9.17) is 0 Å². The molecule has 29 heavy (non-hydrogen) atoms. The van der Waals surface area contributed by atoms with Gasteiger partial charge in [0.2, 0.25) is 5.91 Å². The highest BCUT2D eigenvalue weighted by molar-refractivity contribution is 7.19. The second-order valence-electron chi connectivity index (χ2n) is 8.65. The molecular formula is C20H19F3N2O2S2. The Morgan fingerprint density at radius 3 is 2.24 bits per heavy atom. The first-order valence-electron chi connectivity index (χ1n) is 9.71. The number of hydrogen-bond acceptors (Lipinski definition) is 5. The zero-order valence-electron chi connectivity index (χ0n) is 15.4. The Labute approximate surface area is 173 Å². The summed E-state index contributed by atoms with van der Waals surface area (Å²) in [4.78, 5) is 29.4. The average molecular weight is 441 g/mol. The summed E-state index contributed by atoms with van der Waals surface area (Å²) in [6.45, 7) is 0. The summed E-state index contributed by atoms with van der Waals surface area (Å²) in [6, 6.07) is 3.31. The van der Waals surface area contributed by atoms with Gasteiger partial charge in [-0.15, -0.1) is 11.3 Å². The van der Waals surface area contributed by atoms with Gasteiger partial charge in [-0.2, -0.15) is 13.2 Å². The SMILES string of the molecule is O=C(c1sc(NC(=O)C23CC4CC(CC(C4)C2)C3)nc1-c1cccs1)C(F)(F)F. The van der Waals surface area contributed by atoms with Crippen LogP contribution in [0.5, 0.6) is 0 Å². The molecule has 6 rings (SSSR count). The van der Waals surface area contributed by atoms with Crippen molar-refractivity contribution in [1.82, 2.24) is 4.98 Å². The number of nitrogens with one attached hydrogen (secondary N) is 1. The third kappa shape index (κ3) is 3.32. The summed E-state index contributed by atoms with van der Waals surface area (Å²) in [5, 5.41) is 4.57. The minimum absolute atomic E-state index is 0.00635. The number of amides is 1. The van der Waals surface area contributed by atoms with Gasteiger partial charge in [0.05, 0.1) is 10.3 Å². The number of carbonyl (C=O) groups excluding carboxylic acids is 2. The third-order valence-electron chi connectivity index (χ3n) is 6.59. The van der Waals surface area contributed by atoms with E-state index in [0.29, 0.717) is 34.0 Å². The van der Waals surface area contributed by atoms with E-state index in [1.54, 1.807) is 17.5 Å². The van der Waals surface area contributed by atoms with Crippen molar-refractivity contribution in [2.24, 2.45) is 23.2 Å². The monoisotopic (exact) mass is 440 g/mol. The first-order valence-corrected chi connectivity index (χ1v) is 11.4. The summed E-state index contributed by atoms with van der Waals surface area (Å²) in [5.41, 5.74) is -0.439. The van der Waals surface area contributed by atoms with Crippen molar-refractivity contribution < 1.29 is 22.8 Å². The van der Waals surface area contributed by atoms with Crippen LogP contribution in [-0.4, -0.2) is 22.9 Å². The molecule has 0 aliphatic heterocycles. The normalized spacial score (nSPS) is 30.5. The van der Waals surface area contributed by atoms with E-state index in [-0.39, 0.29) is 16.7 Å². The van der Waals surface area contributed by atoms with Crippen molar-refractivity contribution in [2.75, 3.05) is 5.32 Å². The van der Waals surface area contributed by atoms with Crippen molar-refractivity contribution in [3.8, 4) is 10.6 Å². The van der Waals surface area contributed by atoms with Crippen LogP contribution in [0.2, 0.25) is 0 Å². The summed E-state index contributed by atoms with van der Waals surface area (Å²) >= 11 is 1.83. The van der Waals surface area contributed by atoms with E-state index in [9.17, 15) is 22.8 Å². The Balaban J connectivity index is 1.45. The molecule has 0 spiro atoms. The van der Waals surface area contributed by atoms with Crippen LogP contribution in [-0.2, 0) is 4.79 Å². The van der Waals surface area contributed by atoms with Gasteiger partial charge in [-0.1, -0.05) is 17.4 Å². The minimum Gasteiger partial charge on any atom is -0.301 e. The second-order valence-corrected chi connectivity index (χ2v) is 10.6. The molecule has 154 valence electrons. The van der Waals surface area contributed by atoms with Crippen molar-refractivity contribution >= 4 is 39.5 Å². The Morgan fingerprint density at radius 1 is 1.10 bits per heavy atom. The number of alkyl halides is 3. The van der Waals surface area contributed by atoms with E-state index in [1.165, 1.54) is 30.6 Å². The predicted octanol–water partition coefficient (Wildman–Crippen LogP) is 5.77. The fraction of sp³-hybridized carbons (Fsp3) is 0.550. The Hall–Kier alpha value is -1.74. The van der Waals surface area contributed by atoms with Crippen LogP contribution in [0, 0.1) is 23.2 Å². The van der Waals surface area contributed by atoms with Gasteiger partial charge in [0.25, 0.3) is 5.78 Å². The van der Waals surface area contributed by atoms with E-state index >= 15 is 0 Å². The lowest BCUT2D eigenvalue weighted by Crippen LogP contribution is -2.51. The number of ketones is 1. The first-order chi connectivity index (χ1) is 13.7. The third-order valence-corrected chi connectivity index (χ3v) is 8.43. The molecule has 0 unspecified atom stereocenters. The van der Waals surface area contributed by atoms with Gasteiger partial charge >= 0.3 is 6.18 Å². The smallest absolute Gasteiger partial charge is 0.301 e. The number of Topliss-reactive ketones (excluding diaryl/α,β-unsaturated/α-hetero) is 1. The number of rotatable bonds is 4. The number of carbonyl (C=O) groups is 2. The van der Waals surface area contributed by atoms with E-state index in [1.807, 2.05) is 0 Å². The van der Waals surface area contributed by atoms with Crippen LogP contribution in [0.25, 0.3) is 10.6 Å². The van der Waals surface area contributed by atoms with Crippen LogP contribution >= 0.6 is 22.7 Å². The molecular weight excluding hydrogens is 421 g/mol. The molecule has 2 aromatic heterocycles. The number of thiazole rings is 1. The zero-order valence-corrected chi connectivity index (χ0v) is 17.1. The van der Waals surface area contributed by atoms with E-state index in [0.717, 1.165) is 19.3 Å². The molecule has 1 N–H and O–H groups in total. The van der Waals surface area contributed by atoms with Gasteiger partial charge < -0.3 is 5.32 Å². The molecule has 0 atom stereocenters. The molecule has 4 aliphatic rings. The van der Waals surface area contributed by atoms with E-state index < -0.39 is 22.3 Å². The highest BCUT2D eigenvalue weighted by atomic mass is 32.1. The minimum atomic E-state index is -4.99. The summed E-state index contributed by atoms with van der Waals surface area (Å²) in [5.74, 6) is -0.338. The summed E-state index contributed by atoms with van der Waals surface area (Å²) in [6.07, 6.45) is 1.14. The fourth-order valence-electron chi connectivity index (χ4n) is 5.85. The largest absolute Gasteiger partial charge is 0.455 e. The molecule has 1 amide bonds. The molecule has 4 saturated carbocycles. The fourth-order valence-corrected chi connectivity index (χ4v) is 7.57. The number of aromatic nitrogens is 1. The van der Waals surface area contributed by atoms with Gasteiger partial charge in [-0.25, -0.2) is 4.98 Å². The number of anilines is 1. The Bertz CT molecular complexity index is 930. The average Bonchev–Trinajstić information content (AvgIpc) is 3.28. The maximum atomic E-state index is 13.2. The summed E-state index contributed by atoms with van der Waals surface area (Å²) in [7, 11) is 0. The first kappa shape index (κ1) is 19.2. The lowest BCUT2D eigenvalue weighted by molar-refractivity contribution is -0.140. The predicted molar refractivity (Wildman–Crippen MR) is 105 cm³/mol. The van der Waals surface area contributed by atoms with Gasteiger partial charge in [-0.3, -0.25) is 9.59 Å². The van der Waals surface area contributed by atoms with Crippen molar-refractivity contribution in [3.63, 3.8) is 0 Å². The molecule has 2 aromatic rings. The van der Waals surface area contributed by atoms with Crippen molar-refractivity contribution in [3.05, 3.63) is 22.4 Å². The Morgan fingerprint density at radius 2 is 1.72 bits per heavy atom. The number of halogens is 3. The van der Waals surface area contributed by atoms with Crippen LogP contribution in [0.15, 0.2) is 17.5 Å². The van der Waals surface area contributed by atoms with Gasteiger partial charge in [0.1, 0.15) is 10.6 Å². The number of thiophene rings is 1. The highest BCUT2D eigenvalue weighted by Crippen LogP contribution is 2.60. The molecule has 9 heteroatoms. The van der Waals surface area contributed by atoms with Crippen molar-refractivity contribution in [1.29, 1.82) is 0 Å². The van der Waals surface area contributed by atoms with Crippen LogP contribution < -0.4 is 5.32 Å². The lowest BCUT2D eigenvalue weighted by Gasteiger charge is -2.55. The maximum absolute atomic E-state index is 13.2. The topological polar surface area (TPSA) is 59.1 Å². The number of hydrogen-bond donors (Lipinski definition) is 1. The molecule has 4 bridgehead atoms. The Kier molecular flexibility index (Phi) is 4.40. The van der Waals surface area contributed by atoms with E-state index in [2.05, 4.69) is 10.3 Å². The number of nitrogens with zero attached hydrogens (tertiary/aromatic N) is 1. The molecule has 4 fully saturated rings. The summed E-state index contributed by atoms with van der Waals surface area (Å²) < 4.78 is 39.2. The van der Waals surface area contributed by atoms with Crippen molar-refractivity contribution in [2.45, 2.75) is 44.7 Å². The van der Waals surface area contributed by atoms with Crippen LogP contribution in [0.4, 0.5) is 18.3 Å². The van der Waals surface area contributed by atoms with Gasteiger partial charge in [0, 0.05) is 0 Å².